The highest BCUT2D eigenvalue weighted by molar-refractivity contribution is 5.89. The average Bonchev–Trinajstić information content (AvgIpc) is 3.12. The molecule has 6 nitrogen and oxygen atoms in total. The van der Waals surface area contributed by atoms with Crippen molar-refractivity contribution in [2.45, 2.75) is 25.3 Å². The molecule has 2 unspecified atom stereocenters. The average molecular weight is 267 g/mol. The van der Waals surface area contributed by atoms with Crippen LogP contribution in [0.2, 0.25) is 0 Å². The SMILES string of the molecule is NC(=O)C1COCCN1C(=O)C1CC12CCNCC2. The summed E-state index contributed by atoms with van der Waals surface area (Å²) < 4.78 is 5.26. The Morgan fingerprint density at radius 1 is 1.32 bits per heavy atom. The summed E-state index contributed by atoms with van der Waals surface area (Å²) in [6.07, 6.45) is 3.10. The maximum absolute atomic E-state index is 12.6. The third-order valence-corrected chi connectivity index (χ3v) is 4.83. The van der Waals surface area contributed by atoms with Crippen LogP contribution in [0.4, 0.5) is 0 Å². The van der Waals surface area contributed by atoms with Crippen molar-refractivity contribution in [2.75, 3.05) is 32.8 Å². The molecule has 2 amide bonds. The third kappa shape index (κ3) is 2.23. The Kier molecular flexibility index (Phi) is 3.22. The Balaban J connectivity index is 1.68. The van der Waals surface area contributed by atoms with Crippen LogP contribution in [0.1, 0.15) is 19.3 Å². The van der Waals surface area contributed by atoms with E-state index >= 15 is 0 Å². The van der Waals surface area contributed by atoms with Crippen molar-refractivity contribution in [3.8, 4) is 0 Å². The molecule has 1 spiro atoms. The first kappa shape index (κ1) is 12.9. The molecule has 0 radical (unpaired) electrons. The molecule has 2 atom stereocenters. The number of hydrogen-bond acceptors (Lipinski definition) is 4. The number of carbonyl (C=O) groups excluding carboxylic acids is 2. The first-order valence-electron chi connectivity index (χ1n) is 7.02. The van der Waals surface area contributed by atoms with Gasteiger partial charge >= 0.3 is 0 Å². The third-order valence-electron chi connectivity index (χ3n) is 4.83. The summed E-state index contributed by atoms with van der Waals surface area (Å²) >= 11 is 0. The monoisotopic (exact) mass is 267 g/mol. The minimum atomic E-state index is -0.583. The van der Waals surface area contributed by atoms with Crippen molar-refractivity contribution in [3.05, 3.63) is 0 Å². The first-order chi connectivity index (χ1) is 9.14. The van der Waals surface area contributed by atoms with E-state index in [1.807, 2.05) is 0 Å². The van der Waals surface area contributed by atoms with Crippen molar-refractivity contribution >= 4 is 11.8 Å². The number of nitrogens with two attached hydrogens (primary N) is 1. The van der Waals surface area contributed by atoms with Crippen LogP contribution < -0.4 is 11.1 Å². The first-order valence-corrected chi connectivity index (χ1v) is 7.02. The zero-order valence-electron chi connectivity index (χ0n) is 11.1. The van der Waals surface area contributed by atoms with Gasteiger partial charge in [0.1, 0.15) is 6.04 Å². The largest absolute Gasteiger partial charge is 0.377 e. The highest BCUT2D eigenvalue weighted by atomic mass is 16.5. The lowest BCUT2D eigenvalue weighted by molar-refractivity contribution is -0.149. The second-order valence-electron chi connectivity index (χ2n) is 5.89. The number of piperidine rings is 1. The summed E-state index contributed by atoms with van der Waals surface area (Å²) in [6.45, 7) is 3.20. The fourth-order valence-electron chi connectivity index (χ4n) is 3.48. The molecule has 6 heteroatoms. The Hall–Kier alpha value is -1.14. The summed E-state index contributed by atoms with van der Waals surface area (Å²) in [5, 5.41) is 3.33. The van der Waals surface area contributed by atoms with Gasteiger partial charge in [0.25, 0.3) is 0 Å². The molecule has 19 heavy (non-hydrogen) atoms. The number of ether oxygens (including phenoxy) is 1. The van der Waals surface area contributed by atoms with Gasteiger partial charge in [-0.2, -0.15) is 0 Å². The van der Waals surface area contributed by atoms with E-state index in [0.29, 0.717) is 13.2 Å². The van der Waals surface area contributed by atoms with Crippen molar-refractivity contribution in [3.63, 3.8) is 0 Å². The van der Waals surface area contributed by atoms with Gasteiger partial charge < -0.3 is 20.7 Å². The summed E-state index contributed by atoms with van der Waals surface area (Å²) in [7, 11) is 0. The highest BCUT2D eigenvalue weighted by Gasteiger charge is 2.59. The van der Waals surface area contributed by atoms with Gasteiger partial charge in [0.2, 0.25) is 11.8 Å². The molecular formula is C13H21N3O3. The quantitative estimate of drug-likeness (QED) is 0.678. The van der Waals surface area contributed by atoms with Gasteiger partial charge in [-0.25, -0.2) is 0 Å². The summed E-state index contributed by atoms with van der Waals surface area (Å²) in [5.74, 6) is -0.267. The van der Waals surface area contributed by atoms with Crippen LogP contribution >= 0.6 is 0 Å². The van der Waals surface area contributed by atoms with E-state index < -0.39 is 11.9 Å². The van der Waals surface area contributed by atoms with E-state index in [1.165, 1.54) is 0 Å². The molecular weight excluding hydrogens is 246 g/mol. The van der Waals surface area contributed by atoms with E-state index in [-0.39, 0.29) is 23.8 Å². The van der Waals surface area contributed by atoms with Gasteiger partial charge in [-0.05, 0) is 37.8 Å². The van der Waals surface area contributed by atoms with E-state index in [9.17, 15) is 9.59 Å². The van der Waals surface area contributed by atoms with Crippen molar-refractivity contribution < 1.29 is 14.3 Å². The lowest BCUT2D eigenvalue weighted by atomic mass is 9.91. The van der Waals surface area contributed by atoms with E-state index in [1.54, 1.807) is 4.90 Å². The normalized spacial score (nSPS) is 33.2. The molecule has 2 saturated heterocycles. The maximum atomic E-state index is 12.6. The van der Waals surface area contributed by atoms with Gasteiger partial charge in [0.05, 0.1) is 13.2 Å². The van der Waals surface area contributed by atoms with Crippen LogP contribution in [0.3, 0.4) is 0 Å². The van der Waals surface area contributed by atoms with Gasteiger partial charge in [-0.15, -0.1) is 0 Å². The van der Waals surface area contributed by atoms with E-state index in [2.05, 4.69) is 5.32 Å². The molecule has 2 aliphatic heterocycles. The Labute approximate surface area is 112 Å². The van der Waals surface area contributed by atoms with Crippen molar-refractivity contribution in [1.29, 1.82) is 0 Å². The van der Waals surface area contributed by atoms with E-state index in [4.69, 9.17) is 10.5 Å². The zero-order chi connectivity index (χ0) is 13.5. The van der Waals surface area contributed by atoms with Crippen LogP contribution in [-0.4, -0.2) is 55.6 Å². The predicted octanol–water partition coefficient (Wildman–Crippen LogP) is -0.911. The van der Waals surface area contributed by atoms with Gasteiger partial charge in [-0.1, -0.05) is 0 Å². The fourth-order valence-corrected chi connectivity index (χ4v) is 3.48. The molecule has 0 aromatic rings. The maximum Gasteiger partial charge on any atom is 0.242 e. The Bertz CT molecular complexity index is 393. The van der Waals surface area contributed by atoms with Crippen LogP contribution in [0.25, 0.3) is 0 Å². The van der Waals surface area contributed by atoms with Crippen LogP contribution in [0.15, 0.2) is 0 Å². The molecule has 0 bridgehead atoms. The highest BCUT2D eigenvalue weighted by Crippen LogP contribution is 2.59. The lowest BCUT2D eigenvalue weighted by Crippen LogP contribution is -2.55. The second-order valence-corrected chi connectivity index (χ2v) is 5.89. The number of rotatable bonds is 2. The molecule has 3 N–H and O–H groups in total. The summed E-state index contributed by atoms with van der Waals surface area (Å²) in [4.78, 5) is 25.7. The number of carbonyl (C=O) groups is 2. The summed E-state index contributed by atoms with van der Waals surface area (Å²) in [6, 6.07) is -0.583. The molecule has 3 aliphatic rings. The molecule has 2 heterocycles. The number of hydrogen-bond donors (Lipinski definition) is 2. The topological polar surface area (TPSA) is 84.7 Å². The molecule has 106 valence electrons. The second kappa shape index (κ2) is 4.76. The Morgan fingerprint density at radius 2 is 2.05 bits per heavy atom. The minimum absolute atomic E-state index is 0.0922. The number of primary amides is 1. The van der Waals surface area contributed by atoms with Gasteiger partial charge in [0.15, 0.2) is 0 Å². The number of amides is 2. The molecule has 3 rings (SSSR count). The van der Waals surface area contributed by atoms with E-state index in [0.717, 1.165) is 32.4 Å². The molecule has 0 aromatic carbocycles. The van der Waals surface area contributed by atoms with Crippen molar-refractivity contribution in [1.82, 2.24) is 10.2 Å². The number of nitrogens with one attached hydrogen (secondary N) is 1. The number of nitrogens with zero attached hydrogens (tertiary/aromatic N) is 1. The molecule has 1 saturated carbocycles. The standard InChI is InChI=1S/C13H21N3O3/c14-11(17)10-8-19-6-5-16(10)12(18)9-7-13(9)1-3-15-4-2-13/h9-10,15H,1-8H2,(H2,14,17). The van der Waals surface area contributed by atoms with Gasteiger partial charge in [0, 0.05) is 12.5 Å². The smallest absolute Gasteiger partial charge is 0.242 e. The van der Waals surface area contributed by atoms with Gasteiger partial charge in [-0.3, -0.25) is 9.59 Å². The van der Waals surface area contributed by atoms with Crippen LogP contribution in [0, 0.1) is 11.3 Å². The fraction of sp³-hybridized carbons (Fsp3) is 0.846. The number of morpholine rings is 1. The van der Waals surface area contributed by atoms with Crippen LogP contribution in [0.5, 0.6) is 0 Å². The molecule has 3 fully saturated rings. The van der Waals surface area contributed by atoms with Crippen molar-refractivity contribution in [2.24, 2.45) is 17.1 Å². The Morgan fingerprint density at radius 3 is 2.74 bits per heavy atom. The minimum Gasteiger partial charge on any atom is -0.377 e. The zero-order valence-corrected chi connectivity index (χ0v) is 11.1. The van der Waals surface area contributed by atoms with Crippen LogP contribution in [-0.2, 0) is 14.3 Å². The molecule has 1 aliphatic carbocycles. The predicted molar refractivity (Wildman–Crippen MR) is 68.2 cm³/mol. The summed E-state index contributed by atoms with van der Waals surface area (Å²) in [5.41, 5.74) is 5.56. The lowest BCUT2D eigenvalue weighted by Gasteiger charge is -2.34. The molecule has 0 aromatic heterocycles.